The maximum atomic E-state index is 13.3. The van der Waals surface area contributed by atoms with Gasteiger partial charge in [-0.05, 0) is 44.5 Å². The molecular formula is C16H24N2O4S. The van der Waals surface area contributed by atoms with E-state index in [9.17, 15) is 8.42 Å². The Balaban J connectivity index is 1.98. The van der Waals surface area contributed by atoms with Gasteiger partial charge >= 0.3 is 0 Å². The molecule has 1 fully saturated rings. The Kier molecular flexibility index (Phi) is 5.08. The van der Waals surface area contributed by atoms with Crippen molar-refractivity contribution in [3.63, 3.8) is 0 Å². The average Bonchev–Trinajstić information content (AvgIpc) is 2.59. The third kappa shape index (κ3) is 3.32. The van der Waals surface area contributed by atoms with Crippen LogP contribution in [0.25, 0.3) is 0 Å². The quantitative estimate of drug-likeness (QED) is 0.882. The maximum Gasteiger partial charge on any atom is 0.247 e. The van der Waals surface area contributed by atoms with Gasteiger partial charge in [0.1, 0.15) is 18.1 Å². The summed E-state index contributed by atoms with van der Waals surface area (Å²) < 4.78 is 39.3. The Morgan fingerprint density at radius 3 is 2.70 bits per heavy atom. The van der Waals surface area contributed by atoms with Crippen molar-refractivity contribution < 1.29 is 17.9 Å². The second kappa shape index (κ2) is 7.07. The van der Waals surface area contributed by atoms with Crippen LogP contribution in [0.15, 0.2) is 23.1 Å². The summed E-state index contributed by atoms with van der Waals surface area (Å²) in [6.07, 6.45) is 2.47. The second-order valence-electron chi connectivity index (χ2n) is 5.88. The molecule has 6 nitrogen and oxygen atoms in total. The van der Waals surface area contributed by atoms with Crippen LogP contribution in [0.4, 0.5) is 0 Å². The van der Waals surface area contributed by atoms with E-state index in [1.165, 1.54) is 0 Å². The Hall–Kier alpha value is -1.31. The molecule has 128 valence electrons. The van der Waals surface area contributed by atoms with Gasteiger partial charge < -0.3 is 14.8 Å². The van der Waals surface area contributed by atoms with Crippen molar-refractivity contribution in [1.82, 2.24) is 9.62 Å². The maximum absolute atomic E-state index is 13.3. The van der Waals surface area contributed by atoms with Gasteiger partial charge in [-0.3, -0.25) is 0 Å². The first kappa shape index (κ1) is 16.5. The van der Waals surface area contributed by atoms with Crippen LogP contribution in [0.2, 0.25) is 0 Å². The minimum absolute atomic E-state index is 0.0431. The minimum Gasteiger partial charge on any atom is -0.486 e. The van der Waals surface area contributed by atoms with Crippen molar-refractivity contribution in [2.24, 2.45) is 0 Å². The molecule has 0 unspecified atom stereocenters. The fourth-order valence-corrected chi connectivity index (χ4v) is 5.11. The van der Waals surface area contributed by atoms with Crippen molar-refractivity contribution in [1.29, 1.82) is 0 Å². The van der Waals surface area contributed by atoms with E-state index in [1.54, 1.807) is 22.5 Å². The van der Waals surface area contributed by atoms with Gasteiger partial charge in [0.25, 0.3) is 0 Å². The molecule has 2 heterocycles. The number of hydrogen-bond acceptors (Lipinski definition) is 5. The number of hydrogen-bond donors (Lipinski definition) is 1. The third-order valence-corrected chi connectivity index (χ3v) is 6.25. The normalized spacial score (nSPS) is 19.0. The van der Waals surface area contributed by atoms with E-state index in [4.69, 9.17) is 9.47 Å². The van der Waals surface area contributed by atoms with Crippen LogP contribution in [0, 0.1) is 0 Å². The zero-order valence-electron chi connectivity index (χ0n) is 13.5. The molecular weight excluding hydrogens is 316 g/mol. The molecule has 23 heavy (non-hydrogen) atoms. The molecule has 3 rings (SSSR count). The monoisotopic (exact) mass is 340 g/mol. The molecule has 0 bridgehead atoms. The van der Waals surface area contributed by atoms with E-state index >= 15 is 0 Å². The summed E-state index contributed by atoms with van der Waals surface area (Å²) in [5, 5.41) is 3.29. The van der Waals surface area contributed by atoms with Gasteiger partial charge in [0.2, 0.25) is 10.0 Å². The topological polar surface area (TPSA) is 67.9 Å². The zero-order valence-corrected chi connectivity index (χ0v) is 14.3. The molecule has 0 spiro atoms. The number of para-hydroxylation sites is 1. The second-order valence-corrected chi connectivity index (χ2v) is 7.74. The number of fused-ring (bicyclic) bond motifs is 1. The van der Waals surface area contributed by atoms with Crippen molar-refractivity contribution in [3.05, 3.63) is 18.2 Å². The first-order valence-electron chi connectivity index (χ1n) is 8.25. The summed E-state index contributed by atoms with van der Waals surface area (Å²) >= 11 is 0. The van der Waals surface area contributed by atoms with Crippen LogP contribution >= 0.6 is 0 Å². The molecule has 0 atom stereocenters. The molecule has 0 aliphatic carbocycles. The highest BCUT2D eigenvalue weighted by atomic mass is 32.2. The Morgan fingerprint density at radius 1 is 1.22 bits per heavy atom. The highest BCUT2D eigenvalue weighted by molar-refractivity contribution is 7.89. The van der Waals surface area contributed by atoms with Crippen LogP contribution < -0.4 is 14.8 Å². The van der Waals surface area contributed by atoms with E-state index in [-0.39, 0.29) is 10.9 Å². The first-order chi connectivity index (χ1) is 11.1. The lowest BCUT2D eigenvalue weighted by atomic mass is 10.1. The van der Waals surface area contributed by atoms with Crippen LogP contribution in [0.5, 0.6) is 11.5 Å². The molecule has 1 saturated heterocycles. The fraction of sp³-hybridized carbons (Fsp3) is 0.625. The van der Waals surface area contributed by atoms with Gasteiger partial charge in [0.05, 0.1) is 0 Å². The van der Waals surface area contributed by atoms with Crippen LogP contribution in [-0.4, -0.2) is 51.6 Å². The van der Waals surface area contributed by atoms with Gasteiger partial charge in [-0.2, -0.15) is 4.31 Å². The standard InChI is InChI=1S/C16H24N2O4S/c1-2-10-18(13-6-8-17-9-7-13)23(19,20)15-5-3-4-14-16(15)22-12-11-21-14/h3-5,13,17H,2,6-12H2,1H3. The lowest BCUT2D eigenvalue weighted by Crippen LogP contribution is -2.46. The van der Waals surface area contributed by atoms with Crippen molar-refractivity contribution in [2.75, 3.05) is 32.8 Å². The minimum atomic E-state index is -3.60. The highest BCUT2D eigenvalue weighted by Crippen LogP contribution is 2.38. The van der Waals surface area contributed by atoms with E-state index in [2.05, 4.69) is 5.32 Å². The number of ether oxygens (including phenoxy) is 2. The van der Waals surface area contributed by atoms with Gasteiger partial charge in [-0.15, -0.1) is 0 Å². The Morgan fingerprint density at radius 2 is 1.96 bits per heavy atom. The van der Waals surface area contributed by atoms with Crippen molar-refractivity contribution >= 4 is 10.0 Å². The van der Waals surface area contributed by atoms with E-state index in [1.807, 2.05) is 6.92 Å². The molecule has 1 aromatic rings. The number of nitrogens with zero attached hydrogens (tertiary/aromatic N) is 1. The van der Waals surface area contributed by atoms with E-state index < -0.39 is 10.0 Å². The summed E-state index contributed by atoms with van der Waals surface area (Å²) in [5.41, 5.74) is 0. The molecule has 7 heteroatoms. The summed E-state index contributed by atoms with van der Waals surface area (Å²) in [4.78, 5) is 0.224. The Bertz CT molecular complexity index is 641. The summed E-state index contributed by atoms with van der Waals surface area (Å²) in [5.74, 6) is 0.868. The highest BCUT2D eigenvalue weighted by Gasteiger charge is 2.35. The Labute approximate surface area is 137 Å². The predicted octanol–water partition coefficient (Wildman–Crippen LogP) is 1.61. The van der Waals surface area contributed by atoms with Gasteiger partial charge in [0, 0.05) is 12.6 Å². The SMILES string of the molecule is CCCN(C1CCNCC1)S(=O)(=O)c1cccc2c1OCCO2. The molecule has 2 aliphatic heterocycles. The number of sulfonamides is 1. The van der Waals surface area contributed by atoms with Gasteiger partial charge in [-0.1, -0.05) is 13.0 Å². The molecule has 0 amide bonds. The summed E-state index contributed by atoms with van der Waals surface area (Å²) in [7, 11) is -3.60. The lowest BCUT2D eigenvalue weighted by Gasteiger charge is -2.34. The number of rotatable bonds is 5. The predicted molar refractivity (Wildman–Crippen MR) is 87.5 cm³/mol. The number of benzene rings is 1. The number of piperidine rings is 1. The van der Waals surface area contributed by atoms with E-state index in [0.29, 0.717) is 31.3 Å². The molecule has 2 aliphatic rings. The van der Waals surface area contributed by atoms with Gasteiger partial charge in [-0.25, -0.2) is 8.42 Å². The van der Waals surface area contributed by atoms with Crippen LogP contribution in [-0.2, 0) is 10.0 Å². The summed E-state index contributed by atoms with van der Waals surface area (Å²) in [6, 6.07) is 5.13. The third-order valence-electron chi connectivity index (χ3n) is 4.28. The van der Waals surface area contributed by atoms with Crippen molar-refractivity contribution in [3.8, 4) is 11.5 Å². The van der Waals surface area contributed by atoms with Crippen molar-refractivity contribution in [2.45, 2.75) is 37.1 Å². The molecule has 1 N–H and O–H groups in total. The first-order valence-corrected chi connectivity index (χ1v) is 9.69. The van der Waals surface area contributed by atoms with Crippen LogP contribution in [0.3, 0.4) is 0 Å². The largest absolute Gasteiger partial charge is 0.486 e. The molecule has 0 aromatic heterocycles. The molecule has 0 saturated carbocycles. The lowest BCUT2D eigenvalue weighted by molar-refractivity contribution is 0.166. The smallest absolute Gasteiger partial charge is 0.247 e. The van der Waals surface area contributed by atoms with Gasteiger partial charge in [0.15, 0.2) is 11.5 Å². The number of nitrogens with one attached hydrogen (secondary N) is 1. The van der Waals surface area contributed by atoms with E-state index in [0.717, 1.165) is 32.4 Å². The zero-order chi connectivity index (χ0) is 16.3. The molecule has 1 aromatic carbocycles. The average molecular weight is 340 g/mol. The fourth-order valence-electron chi connectivity index (χ4n) is 3.19. The van der Waals surface area contributed by atoms with Crippen LogP contribution in [0.1, 0.15) is 26.2 Å². The summed E-state index contributed by atoms with van der Waals surface area (Å²) in [6.45, 7) is 5.06. The molecule has 0 radical (unpaired) electrons.